The normalized spacial score (nSPS) is 10.1. The predicted octanol–water partition coefficient (Wildman–Crippen LogP) is 2.35. The Morgan fingerprint density at radius 1 is 1.33 bits per heavy atom. The molecule has 2 aromatic rings. The van der Waals surface area contributed by atoms with Crippen LogP contribution in [0.2, 0.25) is 0 Å². The first-order valence-corrected chi connectivity index (χ1v) is 5.53. The first kappa shape index (κ1) is 12.4. The molecular formula is C12H10FN3OS. The van der Waals surface area contributed by atoms with Crippen LogP contribution >= 0.6 is 12.2 Å². The maximum atomic E-state index is 13.3. The van der Waals surface area contributed by atoms with E-state index in [9.17, 15) is 4.39 Å². The SMILES string of the molecule is Cc1ccc(Oc2cnc(C(N)=S)cn2)cc1F. The van der Waals surface area contributed by atoms with E-state index in [0.717, 1.165) is 0 Å². The molecular weight excluding hydrogens is 253 g/mol. The summed E-state index contributed by atoms with van der Waals surface area (Å²) in [5.74, 6) is 0.272. The topological polar surface area (TPSA) is 61.0 Å². The molecule has 92 valence electrons. The van der Waals surface area contributed by atoms with Crippen LogP contribution in [0.1, 0.15) is 11.3 Å². The second-order valence-corrected chi connectivity index (χ2v) is 4.06. The Kier molecular flexibility index (Phi) is 3.47. The van der Waals surface area contributed by atoms with Crippen molar-refractivity contribution in [2.75, 3.05) is 0 Å². The minimum absolute atomic E-state index is 0.162. The zero-order valence-electron chi connectivity index (χ0n) is 9.55. The molecule has 0 saturated heterocycles. The molecule has 0 radical (unpaired) electrons. The van der Waals surface area contributed by atoms with E-state index in [0.29, 0.717) is 17.0 Å². The highest BCUT2D eigenvalue weighted by atomic mass is 32.1. The summed E-state index contributed by atoms with van der Waals surface area (Å²) in [7, 11) is 0. The Hall–Kier alpha value is -2.08. The summed E-state index contributed by atoms with van der Waals surface area (Å²) in [6.45, 7) is 1.68. The molecule has 0 spiro atoms. The Labute approximate surface area is 109 Å². The Morgan fingerprint density at radius 3 is 2.67 bits per heavy atom. The molecule has 0 aliphatic heterocycles. The van der Waals surface area contributed by atoms with E-state index in [1.165, 1.54) is 18.5 Å². The molecule has 0 amide bonds. The average Bonchev–Trinajstić information content (AvgIpc) is 2.34. The molecule has 0 aliphatic carbocycles. The minimum Gasteiger partial charge on any atom is -0.437 e. The highest BCUT2D eigenvalue weighted by Crippen LogP contribution is 2.21. The van der Waals surface area contributed by atoms with Crippen LogP contribution in [0, 0.1) is 12.7 Å². The van der Waals surface area contributed by atoms with Crippen molar-refractivity contribution in [1.29, 1.82) is 0 Å². The summed E-state index contributed by atoms with van der Waals surface area (Å²) in [5.41, 5.74) is 6.35. The van der Waals surface area contributed by atoms with Gasteiger partial charge in [0.2, 0.25) is 5.88 Å². The number of halogens is 1. The van der Waals surface area contributed by atoms with Crippen LogP contribution in [0.4, 0.5) is 4.39 Å². The van der Waals surface area contributed by atoms with Gasteiger partial charge in [0.15, 0.2) is 0 Å². The van der Waals surface area contributed by atoms with Gasteiger partial charge in [-0.2, -0.15) is 0 Å². The summed E-state index contributed by atoms with van der Waals surface area (Å²) < 4.78 is 18.7. The van der Waals surface area contributed by atoms with Crippen molar-refractivity contribution < 1.29 is 9.13 Å². The zero-order valence-corrected chi connectivity index (χ0v) is 10.4. The molecule has 0 saturated carbocycles. The van der Waals surface area contributed by atoms with Gasteiger partial charge < -0.3 is 10.5 Å². The molecule has 2 N–H and O–H groups in total. The van der Waals surface area contributed by atoms with Gasteiger partial charge in [0, 0.05) is 6.07 Å². The molecule has 0 fully saturated rings. The Morgan fingerprint density at radius 2 is 2.11 bits per heavy atom. The summed E-state index contributed by atoms with van der Waals surface area (Å²) in [6.07, 6.45) is 2.79. The lowest BCUT2D eigenvalue weighted by Gasteiger charge is -2.05. The Bertz CT molecular complexity index is 586. The van der Waals surface area contributed by atoms with E-state index in [4.69, 9.17) is 22.7 Å². The van der Waals surface area contributed by atoms with Crippen LogP contribution in [0.3, 0.4) is 0 Å². The van der Waals surface area contributed by atoms with Gasteiger partial charge in [-0.25, -0.2) is 14.4 Å². The smallest absolute Gasteiger partial charge is 0.237 e. The van der Waals surface area contributed by atoms with Gasteiger partial charge in [-0.3, -0.25) is 0 Å². The van der Waals surface area contributed by atoms with Crippen LogP contribution in [0.25, 0.3) is 0 Å². The molecule has 4 nitrogen and oxygen atoms in total. The maximum Gasteiger partial charge on any atom is 0.237 e. The second-order valence-electron chi connectivity index (χ2n) is 3.62. The fourth-order valence-corrected chi connectivity index (χ4v) is 1.36. The Balaban J connectivity index is 2.18. The van der Waals surface area contributed by atoms with E-state index < -0.39 is 0 Å². The van der Waals surface area contributed by atoms with Crippen molar-refractivity contribution in [2.24, 2.45) is 5.73 Å². The molecule has 2 rings (SSSR count). The minimum atomic E-state index is -0.333. The predicted molar refractivity (Wildman–Crippen MR) is 69.1 cm³/mol. The number of aryl methyl sites for hydroxylation is 1. The molecule has 1 heterocycles. The molecule has 6 heteroatoms. The quantitative estimate of drug-likeness (QED) is 0.861. The number of benzene rings is 1. The standard InChI is InChI=1S/C12H10FN3OS/c1-7-2-3-8(4-9(7)13)17-11-6-15-10(5-16-11)12(14)18/h2-6H,1H3,(H2,14,18). The van der Waals surface area contributed by atoms with Crippen LogP contribution < -0.4 is 10.5 Å². The van der Waals surface area contributed by atoms with E-state index >= 15 is 0 Å². The number of nitrogens with two attached hydrogens (primary N) is 1. The fourth-order valence-electron chi connectivity index (χ4n) is 1.25. The average molecular weight is 263 g/mol. The van der Waals surface area contributed by atoms with Crippen molar-refractivity contribution >= 4 is 17.2 Å². The van der Waals surface area contributed by atoms with Gasteiger partial charge in [-0.05, 0) is 18.6 Å². The fraction of sp³-hybridized carbons (Fsp3) is 0.0833. The number of hydrogen-bond acceptors (Lipinski definition) is 4. The van der Waals surface area contributed by atoms with Crippen molar-refractivity contribution in [3.8, 4) is 11.6 Å². The monoisotopic (exact) mass is 263 g/mol. The zero-order chi connectivity index (χ0) is 13.1. The van der Waals surface area contributed by atoms with Crippen molar-refractivity contribution in [3.63, 3.8) is 0 Å². The lowest BCUT2D eigenvalue weighted by molar-refractivity contribution is 0.455. The number of nitrogens with zero attached hydrogens (tertiary/aromatic N) is 2. The lowest BCUT2D eigenvalue weighted by atomic mass is 10.2. The van der Waals surface area contributed by atoms with Gasteiger partial charge in [0.1, 0.15) is 22.2 Å². The molecule has 0 atom stereocenters. The van der Waals surface area contributed by atoms with Crippen LogP contribution in [-0.4, -0.2) is 15.0 Å². The van der Waals surface area contributed by atoms with Crippen LogP contribution in [0.5, 0.6) is 11.6 Å². The molecule has 0 bridgehead atoms. The summed E-state index contributed by atoms with van der Waals surface area (Å²) in [5, 5.41) is 0. The van der Waals surface area contributed by atoms with E-state index in [1.807, 2.05) is 0 Å². The van der Waals surface area contributed by atoms with Crippen LogP contribution in [-0.2, 0) is 0 Å². The maximum absolute atomic E-state index is 13.3. The summed E-state index contributed by atoms with van der Waals surface area (Å²) in [4.78, 5) is 8.10. The first-order chi connectivity index (χ1) is 8.56. The van der Waals surface area contributed by atoms with Crippen LogP contribution in [0.15, 0.2) is 30.6 Å². The van der Waals surface area contributed by atoms with Gasteiger partial charge in [0.25, 0.3) is 0 Å². The number of hydrogen-bond donors (Lipinski definition) is 1. The third kappa shape index (κ3) is 2.78. The third-order valence-electron chi connectivity index (χ3n) is 2.25. The molecule has 1 aromatic carbocycles. The highest BCUT2D eigenvalue weighted by molar-refractivity contribution is 7.80. The van der Waals surface area contributed by atoms with Gasteiger partial charge in [-0.15, -0.1) is 0 Å². The van der Waals surface area contributed by atoms with E-state index in [2.05, 4.69) is 9.97 Å². The molecule has 1 aromatic heterocycles. The largest absolute Gasteiger partial charge is 0.437 e. The van der Waals surface area contributed by atoms with Gasteiger partial charge >= 0.3 is 0 Å². The summed E-state index contributed by atoms with van der Waals surface area (Å²) in [6, 6.07) is 4.57. The first-order valence-electron chi connectivity index (χ1n) is 5.12. The third-order valence-corrected chi connectivity index (χ3v) is 2.46. The van der Waals surface area contributed by atoms with Crippen molar-refractivity contribution in [2.45, 2.75) is 6.92 Å². The number of aromatic nitrogens is 2. The van der Waals surface area contributed by atoms with Crippen molar-refractivity contribution in [1.82, 2.24) is 9.97 Å². The van der Waals surface area contributed by atoms with E-state index in [1.54, 1.807) is 19.1 Å². The van der Waals surface area contributed by atoms with Gasteiger partial charge in [-0.1, -0.05) is 18.3 Å². The lowest BCUT2D eigenvalue weighted by Crippen LogP contribution is -2.11. The molecule has 0 aliphatic rings. The number of ether oxygens (including phenoxy) is 1. The molecule has 18 heavy (non-hydrogen) atoms. The van der Waals surface area contributed by atoms with Gasteiger partial charge in [0.05, 0.1) is 12.4 Å². The number of rotatable bonds is 3. The van der Waals surface area contributed by atoms with Crippen molar-refractivity contribution in [3.05, 3.63) is 47.7 Å². The number of thiocarbonyl (C=S) groups is 1. The second kappa shape index (κ2) is 5.05. The van der Waals surface area contributed by atoms with E-state index in [-0.39, 0.29) is 16.7 Å². The highest BCUT2D eigenvalue weighted by Gasteiger charge is 2.04. The summed E-state index contributed by atoms with van der Waals surface area (Å²) >= 11 is 4.75. The molecule has 0 unspecified atom stereocenters.